The van der Waals surface area contributed by atoms with Gasteiger partial charge in [-0.05, 0) is 19.1 Å². The van der Waals surface area contributed by atoms with Crippen LogP contribution in [0.4, 0.5) is 13.2 Å². The first-order valence-electron chi connectivity index (χ1n) is 9.77. The summed E-state index contributed by atoms with van der Waals surface area (Å²) in [5.74, 6) is 0.297. The van der Waals surface area contributed by atoms with E-state index in [9.17, 15) is 13.2 Å². The summed E-state index contributed by atoms with van der Waals surface area (Å²) in [4.78, 5) is 12.6. The largest absolute Gasteiger partial charge is 0.475 e. The molecule has 0 unspecified atom stereocenters. The third-order valence-electron chi connectivity index (χ3n) is 4.55. The quantitative estimate of drug-likeness (QED) is 0.244. The van der Waals surface area contributed by atoms with Crippen LogP contribution in [0.5, 0.6) is 5.88 Å². The van der Waals surface area contributed by atoms with Gasteiger partial charge in [-0.2, -0.15) is 13.2 Å². The molecule has 12 heteroatoms. The Bertz CT molecular complexity index is 811. The van der Waals surface area contributed by atoms with Crippen LogP contribution in [0.1, 0.15) is 18.2 Å². The Kier molecular flexibility index (Phi) is 9.81. The predicted molar refractivity (Wildman–Crippen MR) is 119 cm³/mol. The smallest absolute Gasteiger partial charge is 0.421 e. The minimum absolute atomic E-state index is 0. The number of nitrogens with zero attached hydrogens (tertiary/aromatic N) is 5. The maximum atomic E-state index is 13.0. The summed E-state index contributed by atoms with van der Waals surface area (Å²) in [6.45, 7) is 6.86. The average molecular weight is 554 g/mol. The third-order valence-corrected chi connectivity index (χ3v) is 4.55. The number of aliphatic imine (C=N–C) groups is 1. The van der Waals surface area contributed by atoms with Crippen molar-refractivity contribution >= 4 is 29.9 Å². The van der Waals surface area contributed by atoms with Gasteiger partial charge in [-0.3, -0.25) is 4.90 Å². The van der Waals surface area contributed by atoms with E-state index in [0.717, 1.165) is 50.4 Å². The Morgan fingerprint density at radius 3 is 2.68 bits per heavy atom. The molecule has 31 heavy (non-hydrogen) atoms. The van der Waals surface area contributed by atoms with Crippen molar-refractivity contribution in [1.82, 2.24) is 25.3 Å². The molecule has 3 rings (SSSR count). The van der Waals surface area contributed by atoms with Crippen molar-refractivity contribution in [2.75, 3.05) is 45.9 Å². The summed E-state index contributed by atoms with van der Waals surface area (Å²) in [5, 5.41) is 7.16. The van der Waals surface area contributed by atoms with Crippen LogP contribution in [0.2, 0.25) is 0 Å². The first-order valence-corrected chi connectivity index (χ1v) is 9.77. The van der Waals surface area contributed by atoms with E-state index < -0.39 is 17.6 Å². The molecule has 1 N–H and O–H groups in total. The predicted octanol–water partition coefficient (Wildman–Crippen LogP) is 2.87. The number of guanidine groups is 1. The molecule has 0 aliphatic carbocycles. The molecule has 1 fully saturated rings. The van der Waals surface area contributed by atoms with E-state index >= 15 is 0 Å². The molecule has 2 aromatic rings. The molecule has 1 saturated heterocycles. The number of halogens is 4. The number of hydrogen-bond acceptors (Lipinski definition) is 6. The van der Waals surface area contributed by atoms with Gasteiger partial charge >= 0.3 is 6.18 Å². The van der Waals surface area contributed by atoms with Gasteiger partial charge in [0.25, 0.3) is 0 Å². The summed E-state index contributed by atoms with van der Waals surface area (Å²) in [7, 11) is 0. The maximum Gasteiger partial charge on any atom is 0.421 e. The second-order valence-electron chi connectivity index (χ2n) is 6.69. The third kappa shape index (κ3) is 7.52. The minimum Gasteiger partial charge on any atom is -0.475 e. The zero-order valence-electron chi connectivity index (χ0n) is 17.1. The van der Waals surface area contributed by atoms with E-state index in [2.05, 4.69) is 30.2 Å². The SMILES string of the molecule is CCNC(=NCCOc1ncccc1C(F)(F)F)N1CCN(Cc2ccon2)CC1.I. The average Bonchev–Trinajstić information content (AvgIpc) is 3.24. The molecule has 0 bridgehead atoms. The molecule has 0 radical (unpaired) electrons. The molecule has 0 aromatic carbocycles. The molecule has 3 heterocycles. The van der Waals surface area contributed by atoms with E-state index in [4.69, 9.17) is 9.26 Å². The van der Waals surface area contributed by atoms with Crippen LogP contribution in [0.3, 0.4) is 0 Å². The van der Waals surface area contributed by atoms with E-state index in [-0.39, 0.29) is 37.1 Å². The van der Waals surface area contributed by atoms with Crippen molar-refractivity contribution in [2.45, 2.75) is 19.6 Å². The van der Waals surface area contributed by atoms with E-state index in [0.29, 0.717) is 6.54 Å². The zero-order valence-corrected chi connectivity index (χ0v) is 19.5. The number of alkyl halides is 3. The highest BCUT2D eigenvalue weighted by atomic mass is 127. The van der Waals surface area contributed by atoms with Crippen LogP contribution in [0.25, 0.3) is 0 Å². The molecule has 172 valence electrons. The molecule has 0 saturated carbocycles. The molecule has 0 atom stereocenters. The van der Waals surface area contributed by atoms with Crippen molar-refractivity contribution in [2.24, 2.45) is 4.99 Å². The highest BCUT2D eigenvalue weighted by Crippen LogP contribution is 2.34. The lowest BCUT2D eigenvalue weighted by molar-refractivity contribution is -0.139. The van der Waals surface area contributed by atoms with Crippen LogP contribution < -0.4 is 10.1 Å². The number of hydrogen-bond donors (Lipinski definition) is 1. The fourth-order valence-electron chi connectivity index (χ4n) is 3.11. The van der Waals surface area contributed by atoms with Gasteiger partial charge in [0, 0.05) is 51.5 Å². The van der Waals surface area contributed by atoms with Crippen molar-refractivity contribution in [3.63, 3.8) is 0 Å². The van der Waals surface area contributed by atoms with Crippen LogP contribution in [-0.4, -0.2) is 71.8 Å². The number of ether oxygens (including phenoxy) is 1. The monoisotopic (exact) mass is 554 g/mol. The number of nitrogens with one attached hydrogen (secondary N) is 1. The molecule has 0 spiro atoms. The second kappa shape index (κ2) is 12.1. The van der Waals surface area contributed by atoms with Gasteiger partial charge in [0.1, 0.15) is 18.4 Å². The summed E-state index contributed by atoms with van der Waals surface area (Å²) in [6.07, 6.45) is -1.67. The topological polar surface area (TPSA) is 79.0 Å². The summed E-state index contributed by atoms with van der Waals surface area (Å²) >= 11 is 0. The lowest BCUT2D eigenvalue weighted by Gasteiger charge is -2.36. The number of rotatable bonds is 7. The standard InChI is InChI=1S/C19H25F3N6O2.HI/c1-2-23-18(28-10-8-27(9-11-28)14-15-5-12-30-26-15)25-7-13-29-17-16(19(20,21)22)4-3-6-24-17;/h3-6,12H,2,7-11,13-14H2,1H3,(H,23,25);1H. The normalized spacial score (nSPS) is 15.5. The Labute approximate surface area is 195 Å². The second-order valence-corrected chi connectivity index (χ2v) is 6.69. The minimum atomic E-state index is -4.51. The van der Waals surface area contributed by atoms with Gasteiger partial charge in [0.05, 0.1) is 12.2 Å². The van der Waals surface area contributed by atoms with Gasteiger partial charge in [0.2, 0.25) is 5.88 Å². The number of piperazine rings is 1. The first-order chi connectivity index (χ1) is 14.5. The van der Waals surface area contributed by atoms with Gasteiger partial charge in [0.15, 0.2) is 5.96 Å². The Morgan fingerprint density at radius 2 is 2.03 bits per heavy atom. The molecule has 2 aromatic heterocycles. The Hall–Kier alpha value is -2.09. The molecule has 1 aliphatic rings. The zero-order chi connectivity index (χ0) is 21.4. The highest BCUT2D eigenvalue weighted by Gasteiger charge is 2.35. The molecule has 1 aliphatic heterocycles. The molecule has 0 amide bonds. The van der Waals surface area contributed by atoms with Crippen molar-refractivity contribution in [3.05, 3.63) is 41.9 Å². The lowest BCUT2D eigenvalue weighted by atomic mass is 10.2. The van der Waals surface area contributed by atoms with Crippen LogP contribution in [-0.2, 0) is 12.7 Å². The summed E-state index contributed by atoms with van der Waals surface area (Å²) in [6, 6.07) is 4.04. The number of aromatic nitrogens is 2. The molecular formula is C19H26F3IN6O2. The van der Waals surface area contributed by atoms with Crippen LogP contribution >= 0.6 is 24.0 Å². The first kappa shape index (κ1) is 25.2. The van der Waals surface area contributed by atoms with Gasteiger partial charge in [-0.1, -0.05) is 5.16 Å². The Morgan fingerprint density at radius 1 is 1.26 bits per heavy atom. The molecule has 8 nitrogen and oxygen atoms in total. The van der Waals surface area contributed by atoms with E-state index in [1.54, 1.807) is 6.26 Å². The van der Waals surface area contributed by atoms with Gasteiger partial charge in [-0.15, -0.1) is 24.0 Å². The van der Waals surface area contributed by atoms with Crippen molar-refractivity contribution in [3.8, 4) is 5.88 Å². The van der Waals surface area contributed by atoms with Gasteiger partial charge < -0.3 is 19.5 Å². The van der Waals surface area contributed by atoms with Crippen molar-refractivity contribution in [1.29, 1.82) is 0 Å². The lowest BCUT2D eigenvalue weighted by Crippen LogP contribution is -2.52. The Balaban J connectivity index is 0.00000341. The summed E-state index contributed by atoms with van der Waals surface area (Å²) in [5.41, 5.74) is 0.0121. The van der Waals surface area contributed by atoms with Gasteiger partial charge in [-0.25, -0.2) is 9.98 Å². The fourth-order valence-corrected chi connectivity index (χ4v) is 3.11. The maximum absolute atomic E-state index is 13.0. The van der Waals surface area contributed by atoms with E-state index in [1.165, 1.54) is 12.3 Å². The highest BCUT2D eigenvalue weighted by molar-refractivity contribution is 14.0. The van der Waals surface area contributed by atoms with Crippen molar-refractivity contribution < 1.29 is 22.4 Å². The van der Waals surface area contributed by atoms with Crippen LogP contribution in [0.15, 0.2) is 40.2 Å². The molecular weight excluding hydrogens is 528 g/mol. The van der Waals surface area contributed by atoms with Crippen LogP contribution in [0, 0.1) is 0 Å². The summed E-state index contributed by atoms with van der Waals surface area (Å²) < 4.78 is 49.1. The number of pyridine rings is 1. The fraction of sp³-hybridized carbons (Fsp3) is 0.526. The van der Waals surface area contributed by atoms with E-state index in [1.807, 2.05) is 13.0 Å².